The molecule has 0 radical (unpaired) electrons. The van der Waals surface area contributed by atoms with E-state index in [0.29, 0.717) is 17.7 Å². The van der Waals surface area contributed by atoms with Crippen molar-refractivity contribution in [1.82, 2.24) is 4.98 Å². The number of pyridine rings is 1. The second-order valence-electron chi connectivity index (χ2n) is 9.80. The maximum absolute atomic E-state index is 13.9. The Bertz CT molecular complexity index is 1560. The van der Waals surface area contributed by atoms with E-state index in [4.69, 9.17) is 0 Å². The van der Waals surface area contributed by atoms with Gasteiger partial charge in [-0.3, -0.25) is 14.1 Å². The van der Waals surface area contributed by atoms with Crippen molar-refractivity contribution in [1.29, 1.82) is 0 Å². The number of anilines is 2. The van der Waals surface area contributed by atoms with Crippen LogP contribution in [0.4, 0.5) is 37.7 Å². The summed E-state index contributed by atoms with van der Waals surface area (Å²) in [5, 5.41) is 22.0. The third-order valence-electron chi connectivity index (χ3n) is 6.98. The van der Waals surface area contributed by atoms with Crippen LogP contribution in [0.5, 0.6) is 0 Å². The molecule has 226 valence electrons. The van der Waals surface area contributed by atoms with Gasteiger partial charge in [-0.1, -0.05) is 29.8 Å². The standard InChI is InChI=1S/C27H25F6N3O5S/c1-16-2-7-21(8-3-16)42(40,41)36-20(13-24(38)35-22-10-11-34-14-18(22)15-37)6-4-17-12-19(5-9-23(17)36)25(39,26(28,29)30)27(31,32)33/h2-3,5,7-12,14,20,37,39H,4,6,13,15H2,1H3,(H,34,35,38)/t20-/m0/s1. The molecule has 1 aliphatic rings. The van der Waals surface area contributed by atoms with E-state index < -0.39 is 58.5 Å². The number of aliphatic hydroxyl groups excluding tert-OH is 1. The van der Waals surface area contributed by atoms with Crippen LogP contribution in [0.2, 0.25) is 0 Å². The zero-order chi connectivity index (χ0) is 31.1. The van der Waals surface area contributed by atoms with Gasteiger partial charge in [-0.25, -0.2) is 8.42 Å². The summed E-state index contributed by atoms with van der Waals surface area (Å²) in [7, 11) is -4.48. The summed E-state index contributed by atoms with van der Waals surface area (Å²) in [6, 6.07) is 7.59. The van der Waals surface area contributed by atoms with E-state index in [0.717, 1.165) is 15.9 Å². The number of fused-ring (bicyclic) bond motifs is 1. The minimum atomic E-state index is -6.12. The highest BCUT2D eigenvalue weighted by Gasteiger charge is 2.71. The number of halogens is 6. The first kappa shape index (κ1) is 31.3. The van der Waals surface area contributed by atoms with E-state index in [2.05, 4.69) is 10.3 Å². The molecule has 3 aromatic rings. The molecule has 0 aliphatic carbocycles. The maximum atomic E-state index is 13.9. The molecule has 2 aromatic carbocycles. The van der Waals surface area contributed by atoms with Crippen molar-refractivity contribution in [3.8, 4) is 0 Å². The Kier molecular flexibility index (Phi) is 8.32. The summed E-state index contributed by atoms with van der Waals surface area (Å²) < 4.78 is 110. The molecule has 0 spiro atoms. The zero-order valence-corrected chi connectivity index (χ0v) is 22.7. The van der Waals surface area contributed by atoms with E-state index in [9.17, 15) is 49.8 Å². The second-order valence-corrected chi connectivity index (χ2v) is 11.6. The molecular formula is C27H25F6N3O5S. The van der Waals surface area contributed by atoms with Gasteiger partial charge in [0.2, 0.25) is 5.91 Å². The predicted octanol–water partition coefficient (Wildman–Crippen LogP) is 4.73. The number of nitrogens with zero attached hydrogens (tertiary/aromatic N) is 2. The SMILES string of the molecule is Cc1ccc(S(=O)(=O)N2c3ccc(C(O)(C(F)(F)F)C(F)(F)F)cc3CC[C@H]2CC(=O)Nc2ccncc2CO)cc1. The van der Waals surface area contributed by atoms with Crippen LogP contribution in [0, 0.1) is 6.92 Å². The van der Waals surface area contributed by atoms with Gasteiger partial charge in [0, 0.05) is 35.6 Å². The number of rotatable bonds is 7. The Morgan fingerprint density at radius 1 is 1.05 bits per heavy atom. The molecule has 0 fully saturated rings. The monoisotopic (exact) mass is 617 g/mol. The van der Waals surface area contributed by atoms with E-state index in [1.165, 1.54) is 42.7 Å². The largest absolute Gasteiger partial charge is 0.430 e. The van der Waals surface area contributed by atoms with Crippen LogP contribution >= 0.6 is 0 Å². The molecular weight excluding hydrogens is 592 g/mol. The van der Waals surface area contributed by atoms with Gasteiger partial charge in [0.15, 0.2) is 0 Å². The molecule has 15 heteroatoms. The lowest BCUT2D eigenvalue weighted by molar-refractivity contribution is -0.376. The van der Waals surface area contributed by atoms with Crippen LogP contribution in [-0.4, -0.2) is 47.9 Å². The van der Waals surface area contributed by atoms with Gasteiger partial charge in [0.1, 0.15) is 0 Å². The van der Waals surface area contributed by atoms with Crippen LogP contribution in [0.15, 0.2) is 65.8 Å². The number of aromatic nitrogens is 1. The smallest absolute Gasteiger partial charge is 0.392 e. The third kappa shape index (κ3) is 5.68. The number of aryl methyl sites for hydroxylation is 2. The van der Waals surface area contributed by atoms with Gasteiger partial charge in [-0.15, -0.1) is 0 Å². The molecule has 0 unspecified atom stereocenters. The molecule has 2 heterocycles. The molecule has 1 amide bonds. The Morgan fingerprint density at radius 3 is 2.29 bits per heavy atom. The molecule has 1 atom stereocenters. The molecule has 8 nitrogen and oxygen atoms in total. The zero-order valence-electron chi connectivity index (χ0n) is 21.9. The summed E-state index contributed by atoms with van der Waals surface area (Å²) in [5.41, 5.74) is -5.88. The lowest BCUT2D eigenvalue weighted by Gasteiger charge is -2.39. The minimum absolute atomic E-state index is 0.144. The van der Waals surface area contributed by atoms with Crippen LogP contribution in [0.1, 0.15) is 35.1 Å². The number of nitrogens with one attached hydrogen (secondary N) is 1. The molecule has 1 aliphatic heterocycles. The van der Waals surface area contributed by atoms with Crippen LogP contribution in [0.3, 0.4) is 0 Å². The van der Waals surface area contributed by atoms with E-state index in [1.807, 2.05) is 0 Å². The Balaban J connectivity index is 1.79. The molecule has 1 aromatic heterocycles. The highest BCUT2D eigenvalue weighted by Crippen LogP contribution is 2.51. The first-order chi connectivity index (χ1) is 19.5. The summed E-state index contributed by atoms with van der Waals surface area (Å²) in [6.45, 7) is 1.27. The number of hydrogen-bond donors (Lipinski definition) is 3. The Morgan fingerprint density at radius 2 is 1.69 bits per heavy atom. The second kappa shape index (κ2) is 11.2. The van der Waals surface area contributed by atoms with Crippen molar-refractivity contribution in [3.05, 3.63) is 83.2 Å². The maximum Gasteiger partial charge on any atom is 0.430 e. The van der Waals surface area contributed by atoms with Gasteiger partial charge in [0.25, 0.3) is 15.6 Å². The van der Waals surface area contributed by atoms with E-state index >= 15 is 0 Å². The van der Waals surface area contributed by atoms with E-state index in [1.54, 1.807) is 6.92 Å². The van der Waals surface area contributed by atoms with Crippen molar-refractivity contribution in [2.45, 2.75) is 61.7 Å². The lowest BCUT2D eigenvalue weighted by Crippen LogP contribution is -2.54. The number of sulfonamides is 1. The van der Waals surface area contributed by atoms with Gasteiger partial charge in [-0.2, -0.15) is 26.3 Å². The molecule has 0 saturated carbocycles. The van der Waals surface area contributed by atoms with Crippen LogP contribution in [0.25, 0.3) is 0 Å². The lowest BCUT2D eigenvalue weighted by atomic mass is 9.87. The molecule has 42 heavy (non-hydrogen) atoms. The molecule has 0 bridgehead atoms. The first-order valence-electron chi connectivity index (χ1n) is 12.4. The van der Waals surface area contributed by atoms with E-state index in [-0.39, 0.29) is 34.7 Å². The minimum Gasteiger partial charge on any atom is -0.392 e. The number of alkyl halides is 6. The third-order valence-corrected chi connectivity index (χ3v) is 8.86. The summed E-state index contributed by atoms with van der Waals surface area (Å²) in [5.74, 6) is -0.659. The van der Waals surface area contributed by atoms with Gasteiger partial charge < -0.3 is 15.5 Å². The highest BCUT2D eigenvalue weighted by molar-refractivity contribution is 7.92. The number of amides is 1. The quantitative estimate of drug-likeness (QED) is 0.330. The topological polar surface area (TPSA) is 120 Å². The average Bonchev–Trinajstić information content (AvgIpc) is 2.91. The van der Waals surface area contributed by atoms with Crippen molar-refractivity contribution in [2.24, 2.45) is 0 Å². The van der Waals surface area contributed by atoms with Crippen LogP contribution in [-0.2, 0) is 33.4 Å². The average molecular weight is 618 g/mol. The Labute approximate surface area is 236 Å². The normalized spacial score (nSPS) is 16.2. The van der Waals surface area contributed by atoms with Gasteiger partial charge >= 0.3 is 12.4 Å². The van der Waals surface area contributed by atoms with Crippen molar-refractivity contribution in [2.75, 3.05) is 9.62 Å². The number of benzene rings is 2. The number of hydrogen-bond acceptors (Lipinski definition) is 6. The number of aliphatic hydroxyl groups is 2. The van der Waals surface area contributed by atoms with Crippen molar-refractivity contribution in [3.63, 3.8) is 0 Å². The fourth-order valence-corrected chi connectivity index (χ4v) is 6.49. The van der Waals surface area contributed by atoms with Crippen molar-refractivity contribution < 1.29 is 49.8 Å². The molecule has 3 N–H and O–H groups in total. The summed E-state index contributed by atoms with van der Waals surface area (Å²) in [4.78, 5) is 16.6. The van der Waals surface area contributed by atoms with Gasteiger partial charge in [-0.05, 0) is 49.6 Å². The molecule has 4 rings (SSSR count). The van der Waals surface area contributed by atoms with Crippen molar-refractivity contribution >= 4 is 27.3 Å². The first-order valence-corrected chi connectivity index (χ1v) is 13.9. The summed E-state index contributed by atoms with van der Waals surface area (Å²) in [6.07, 6.45) is -10.3. The fourth-order valence-electron chi connectivity index (χ4n) is 4.77. The number of carbonyl (C=O) groups excluding carboxylic acids is 1. The summed E-state index contributed by atoms with van der Waals surface area (Å²) >= 11 is 0. The fraction of sp³-hybridized carbons (Fsp3) is 0.333. The predicted molar refractivity (Wildman–Crippen MR) is 139 cm³/mol. The molecule has 0 saturated heterocycles. The number of carbonyl (C=O) groups is 1. The van der Waals surface area contributed by atoms with Gasteiger partial charge in [0.05, 0.1) is 23.2 Å². The highest BCUT2D eigenvalue weighted by atomic mass is 32.2. The Hall–Kier alpha value is -3.69. The van der Waals surface area contributed by atoms with Crippen LogP contribution < -0.4 is 9.62 Å².